The number of ether oxygens (including phenoxy) is 2. The molecule has 6 nitrogen and oxygen atoms in total. The van der Waals surface area contributed by atoms with Crippen molar-refractivity contribution in [1.82, 2.24) is 10.6 Å². The van der Waals surface area contributed by atoms with Crippen LogP contribution in [0.2, 0.25) is 0 Å². The lowest BCUT2D eigenvalue weighted by molar-refractivity contribution is 0.132. The maximum absolute atomic E-state index is 11.9. The Morgan fingerprint density at radius 2 is 1.17 bits per heavy atom. The summed E-state index contributed by atoms with van der Waals surface area (Å²) in [7, 11) is 0. The molecule has 2 aliphatic carbocycles. The van der Waals surface area contributed by atoms with Gasteiger partial charge in [-0.05, 0) is 82.5 Å². The van der Waals surface area contributed by atoms with E-state index in [-0.39, 0.29) is 24.3 Å². The molecular formula is C24H44N2O4. The van der Waals surface area contributed by atoms with Crippen molar-refractivity contribution in [3.8, 4) is 0 Å². The van der Waals surface area contributed by atoms with Crippen LogP contribution in [0.1, 0.15) is 104 Å². The molecule has 0 radical (unpaired) electrons. The number of amides is 2. The number of hydrogen-bond donors (Lipinski definition) is 2. The Kier molecular flexibility index (Phi) is 12.0. The standard InChI is InChI=1S/C24H44N2O4/c1-3-5-6-7-17-30-24(28)26-22-14-10-20(11-15-22)18-19-8-12-21(13-9-19)25-23(27)29-16-4-2/h19-22H,3-18H2,1-2H3,(H,25,27)(H,26,28). The van der Waals surface area contributed by atoms with Gasteiger partial charge in [0, 0.05) is 12.1 Å². The van der Waals surface area contributed by atoms with Crippen LogP contribution in [0.3, 0.4) is 0 Å². The van der Waals surface area contributed by atoms with Crippen LogP contribution in [0.4, 0.5) is 9.59 Å². The van der Waals surface area contributed by atoms with Gasteiger partial charge in [0.2, 0.25) is 0 Å². The van der Waals surface area contributed by atoms with Crippen LogP contribution in [0, 0.1) is 11.8 Å². The molecule has 0 saturated heterocycles. The van der Waals surface area contributed by atoms with Gasteiger partial charge in [0.1, 0.15) is 0 Å². The van der Waals surface area contributed by atoms with Crippen molar-refractivity contribution in [1.29, 1.82) is 0 Å². The van der Waals surface area contributed by atoms with Crippen molar-refractivity contribution in [2.24, 2.45) is 11.8 Å². The molecule has 30 heavy (non-hydrogen) atoms. The number of rotatable bonds is 11. The van der Waals surface area contributed by atoms with E-state index in [9.17, 15) is 9.59 Å². The fourth-order valence-corrected chi connectivity index (χ4v) is 4.86. The zero-order valence-electron chi connectivity index (χ0n) is 19.3. The van der Waals surface area contributed by atoms with Gasteiger partial charge in [-0.25, -0.2) is 9.59 Å². The van der Waals surface area contributed by atoms with E-state index in [0.717, 1.165) is 56.8 Å². The van der Waals surface area contributed by atoms with Gasteiger partial charge in [0.25, 0.3) is 0 Å². The Morgan fingerprint density at radius 3 is 1.63 bits per heavy atom. The zero-order chi connectivity index (χ0) is 21.6. The summed E-state index contributed by atoms with van der Waals surface area (Å²) in [6, 6.07) is 0.553. The lowest BCUT2D eigenvalue weighted by atomic mass is 9.76. The Balaban J connectivity index is 1.53. The first-order chi connectivity index (χ1) is 14.6. The normalized spacial score (nSPS) is 26.6. The Labute approximate surface area is 183 Å². The quantitative estimate of drug-likeness (QED) is 0.403. The minimum atomic E-state index is -0.259. The number of carbonyl (C=O) groups is 2. The molecule has 2 fully saturated rings. The van der Waals surface area contributed by atoms with Gasteiger partial charge in [-0.2, -0.15) is 0 Å². The molecule has 0 aliphatic heterocycles. The molecule has 2 aliphatic rings. The van der Waals surface area contributed by atoms with Crippen LogP contribution < -0.4 is 10.6 Å². The second-order valence-electron chi connectivity index (χ2n) is 9.29. The van der Waals surface area contributed by atoms with Gasteiger partial charge in [-0.1, -0.05) is 33.1 Å². The number of carbonyl (C=O) groups excluding carboxylic acids is 2. The van der Waals surface area contributed by atoms with E-state index in [4.69, 9.17) is 9.47 Å². The molecule has 2 N–H and O–H groups in total. The van der Waals surface area contributed by atoms with Crippen LogP contribution in [0.5, 0.6) is 0 Å². The summed E-state index contributed by atoms with van der Waals surface area (Å²) in [6.07, 6.45) is 15.2. The fraction of sp³-hybridized carbons (Fsp3) is 0.917. The van der Waals surface area contributed by atoms with Crippen LogP contribution >= 0.6 is 0 Å². The third-order valence-corrected chi connectivity index (χ3v) is 6.67. The molecule has 0 spiro atoms. The molecule has 2 saturated carbocycles. The van der Waals surface area contributed by atoms with Crippen LogP contribution in [-0.4, -0.2) is 37.5 Å². The van der Waals surface area contributed by atoms with Crippen LogP contribution in [0.15, 0.2) is 0 Å². The van der Waals surface area contributed by atoms with Crippen molar-refractivity contribution in [3.05, 3.63) is 0 Å². The molecule has 2 rings (SSSR count). The maximum Gasteiger partial charge on any atom is 0.407 e. The summed E-state index contributed by atoms with van der Waals surface area (Å²) in [6.45, 7) is 5.22. The molecule has 0 unspecified atom stereocenters. The highest BCUT2D eigenvalue weighted by atomic mass is 16.6. The van der Waals surface area contributed by atoms with E-state index >= 15 is 0 Å². The minimum Gasteiger partial charge on any atom is -0.450 e. The smallest absolute Gasteiger partial charge is 0.407 e. The summed E-state index contributed by atoms with van der Waals surface area (Å²) in [4.78, 5) is 23.6. The van der Waals surface area contributed by atoms with Gasteiger partial charge in [0.05, 0.1) is 13.2 Å². The monoisotopic (exact) mass is 424 g/mol. The highest BCUT2D eigenvalue weighted by molar-refractivity contribution is 5.67. The molecule has 0 heterocycles. The van der Waals surface area contributed by atoms with Crippen molar-refractivity contribution in [2.75, 3.05) is 13.2 Å². The van der Waals surface area contributed by atoms with E-state index in [1.807, 2.05) is 6.92 Å². The third kappa shape index (κ3) is 10.0. The Morgan fingerprint density at radius 1 is 0.667 bits per heavy atom. The summed E-state index contributed by atoms with van der Waals surface area (Å²) in [5.41, 5.74) is 0. The first kappa shape index (κ1) is 24.8. The molecule has 0 bridgehead atoms. The van der Waals surface area contributed by atoms with E-state index in [1.54, 1.807) is 0 Å². The van der Waals surface area contributed by atoms with Crippen molar-refractivity contribution in [3.63, 3.8) is 0 Å². The first-order valence-electron chi connectivity index (χ1n) is 12.5. The molecule has 6 heteroatoms. The molecule has 0 aromatic rings. The van der Waals surface area contributed by atoms with E-state index < -0.39 is 0 Å². The minimum absolute atomic E-state index is 0.238. The molecule has 0 aromatic heterocycles. The van der Waals surface area contributed by atoms with Gasteiger partial charge >= 0.3 is 12.2 Å². The van der Waals surface area contributed by atoms with Crippen molar-refractivity contribution >= 4 is 12.2 Å². The van der Waals surface area contributed by atoms with Gasteiger partial charge in [-0.15, -0.1) is 0 Å². The SMILES string of the molecule is CCCCCCOC(=O)NC1CCC(CC2CCC(NC(=O)OCCC)CC2)CC1. The molecular weight excluding hydrogens is 380 g/mol. The number of nitrogens with one attached hydrogen (secondary N) is 2. The number of alkyl carbamates (subject to hydrolysis) is 2. The number of unbranched alkanes of at least 4 members (excludes halogenated alkanes) is 3. The van der Waals surface area contributed by atoms with Gasteiger partial charge in [-0.3, -0.25) is 0 Å². The Bertz CT molecular complexity index is 484. The average molecular weight is 425 g/mol. The van der Waals surface area contributed by atoms with Gasteiger partial charge in [0.15, 0.2) is 0 Å². The fourth-order valence-electron chi connectivity index (χ4n) is 4.86. The van der Waals surface area contributed by atoms with Crippen molar-refractivity contribution in [2.45, 2.75) is 116 Å². The summed E-state index contributed by atoms with van der Waals surface area (Å²) in [5, 5.41) is 6.07. The van der Waals surface area contributed by atoms with Crippen LogP contribution in [-0.2, 0) is 9.47 Å². The molecule has 0 atom stereocenters. The third-order valence-electron chi connectivity index (χ3n) is 6.67. The van der Waals surface area contributed by atoms with E-state index in [2.05, 4.69) is 17.6 Å². The van der Waals surface area contributed by atoms with Crippen LogP contribution in [0.25, 0.3) is 0 Å². The highest BCUT2D eigenvalue weighted by Gasteiger charge is 2.28. The second-order valence-corrected chi connectivity index (χ2v) is 9.29. The van der Waals surface area contributed by atoms with Gasteiger partial charge < -0.3 is 20.1 Å². The predicted molar refractivity (Wildman–Crippen MR) is 120 cm³/mol. The van der Waals surface area contributed by atoms with E-state index in [1.165, 1.54) is 44.9 Å². The first-order valence-corrected chi connectivity index (χ1v) is 12.5. The summed E-state index contributed by atoms with van der Waals surface area (Å²) < 4.78 is 10.4. The predicted octanol–water partition coefficient (Wildman–Crippen LogP) is 5.94. The second kappa shape index (κ2) is 14.5. The maximum atomic E-state index is 11.9. The van der Waals surface area contributed by atoms with E-state index in [0.29, 0.717) is 13.2 Å². The summed E-state index contributed by atoms with van der Waals surface area (Å²) >= 11 is 0. The largest absolute Gasteiger partial charge is 0.450 e. The van der Waals surface area contributed by atoms with Crippen molar-refractivity contribution < 1.29 is 19.1 Å². The average Bonchev–Trinajstić information content (AvgIpc) is 2.75. The summed E-state index contributed by atoms with van der Waals surface area (Å²) in [5.74, 6) is 1.55. The lowest BCUT2D eigenvalue weighted by Gasteiger charge is -2.34. The highest BCUT2D eigenvalue weighted by Crippen LogP contribution is 2.35. The molecule has 174 valence electrons. The topological polar surface area (TPSA) is 76.7 Å². The molecule has 2 amide bonds. The lowest BCUT2D eigenvalue weighted by Crippen LogP contribution is -2.39. The number of hydrogen-bond acceptors (Lipinski definition) is 4. The zero-order valence-corrected chi connectivity index (χ0v) is 19.3. The Hall–Kier alpha value is -1.46. The molecule has 0 aromatic carbocycles.